The van der Waals surface area contributed by atoms with E-state index in [1.807, 2.05) is 60.7 Å². The second kappa shape index (κ2) is 8.63. The fraction of sp³-hybridized carbons (Fsp3) is 0.292. The van der Waals surface area contributed by atoms with E-state index in [1.54, 1.807) is 16.5 Å². The fourth-order valence-electron chi connectivity index (χ4n) is 4.02. The summed E-state index contributed by atoms with van der Waals surface area (Å²) in [5.74, 6) is -0.263. The number of likely N-dealkylation sites (tertiary alicyclic amines) is 1. The Morgan fingerprint density at radius 1 is 1.03 bits per heavy atom. The van der Waals surface area contributed by atoms with Crippen LogP contribution >= 0.6 is 0 Å². The second-order valence-electron chi connectivity index (χ2n) is 7.73. The second-order valence-corrected chi connectivity index (χ2v) is 7.73. The minimum Gasteiger partial charge on any atom is -0.388 e. The lowest BCUT2D eigenvalue weighted by Crippen LogP contribution is -2.42. The first-order valence-electron chi connectivity index (χ1n) is 10.2. The van der Waals surface area contributed by atoms with Crippen LogP contribution in [0.3, 0.4) is 0 Å². The maximum absolute atomic E-state index is 13.0. The average Bonchev–Trinajstić information content (AvgIpc) is 2.79. The van der Waals surface area contributed by atoms with Gasteiger partial charge in [0, 0.05) is 24.8 Å². The third-order valence-electron chi connectivity index (χ3n) is 5.73. The highest BCUT2D eigenvalue weighted by atomic mass is 16.3. The van der Waals surface area contributed by atoms with Crippen molar-refractivity contribution in [3.63, 3.8) is 0 Å². The Kier molecular flexibility index (Phi) is 5.77. The molecule has 0 bridgehead atoms. The van der Waals surface area contributed by atoms with Crippen LogP contribution in [-0.2, 0) is 0 Å². The first-order chi connectivity index (χ1) is 14.5. The molecule has 154 valence electrons. The van der Waals surface area contributed by atoms with E-state index < -0.39 is 6.10 Å². The van der Waals surface area contributed by atoms with Crippen molar-refractivity contribution in [2.45, 2.75) is 25.9 Å². The zero-order valence-electron chi connectivity index (χ0n) is 16.9. The monoisotopic (exact) mass is 403 g/mol. The minimum absolute atomic E-state index is 0.0634. The van der Waals surface area contributed by atoms with Gasteiger partial charge in [-0.05, 0) is 43.4 Å². The maximum atomic E-state index is 13.0. The van der Waals surface area contributed by atoms with Crippen LogP contribution in [0.2, 0.25) is 0 Å². The molecule has 3 aromatic rings. The van der Waals surface area contributed by atoms with E-state index in [9.17, 15) is 14.7 Å². The molecule has 2 aromatic carbocycles. The molecule has 1 atom stereocenters. The lowest BCUT2D eigenvalue weighted by Gasteiger charge is -2.34. The van der Waals surface area contributed by atoms with Crippen LogP contribution in [0.25, 0.3) is 5.69 Å². The van der Waals surface area contributed by atoms with Crippen molar-refractivity contribution < 1.29 is 9.90 Å². The summed E-state index contributed by atoms with van der Waals surface area (Å²) in [5.41, 5.74) is 1.94. The maximum Gasteiger partial charge on any atom is 0.278 e. The zero-order chi connectivity index (χ0) is 21.1. The van der Waals surface area contributed by atoms with Crippen LogP contribution in [0.15, 0.2) is 71.5 Å². The van der Waals surface area contributed by atoms with E-state index in [4.69, 9.17) is 0 Å². The molecule has 30 heavy (non-hydrogen) atoms. The third kappa shape index (κ3) is 4.04. The number of piperidine rings is 1. The summed E-state index contributed by atoms with van der Waals surface area (Å²) in [6, 6.07) is 20.5. The van der Waals surface area contributed by atoms with Crippen LogP contribution in [0, 0.1) is 12.8 Å². The van der Waals surface area contributed by atoms with Gasteiger partial charge in [-0.3, -0.25) is 9.59 Å². The molecule has 0 aliphatic carbocycles. The predicted octanol–water partition coefficient (Wildman–Crippen LogP) is 3.13. The molecule has 1 aliphatic heterocycles. The van der Waals surface area contributed by atoms with Gasteiger partial charge in [0.1, 0.15) is 0 Å². The molecule has 0 saturated carbocycles. The number of carbonyl (C=O) groups is 1. The number of nitrogens with zero attached hydrogens (tertiary/aromatic N) is 3. The summed E-state index contributed by atoms with van der Waals surface area (Å²) in [4.78, 5) is 27.2. The van der Waals surface area contributed by atoms with Crippen LogP contribution in [-0.4, -0.2) is 38.8 Å². The van der Waals surface area contributed by atoms with E-state index in [0.29, 0.717) is 31.6 Å². The van der Waals surface area contributed by atoms with Crippen LogP contribution in [0.1, 0.15) is 40.7 Å². The number of aryl methyl sites for hydroxylation is 1. The number of carbonyl (C=O) groups excluding carboxylic acids is 1. The third-order valence-corrected chi connectivity index (χ3v) is 5.73. The number of aromatic nitrogens is 2. The van der Waals surface area contributed by atoms with Gasteiger partial charge in [-0.1, -0.05) is 48.5 Å². The number of amides is 1. The van der Waals surface area contributed by atoms with Gasteiger partial charge in [0.05, 0.1) is 11.8 Å². The summed E-state index contributed by atoms with van der Waals surface area (Å²) >= 11 is 0. The van der Waals surface area contributed by atoms with E-state index in [1.165, 1.54) is 6.07 Å². The standard InChI is InChI=1S/C24H25N3O3/c1-17-16-21(28)22(25-27(17)20-10-6-3-7-11-20)24(30)26-14-12-19(13-15-26)23(29)18-8-4-2-5-9-18/h2-11,16,19,23,29H,12-15H2,1H3. The van der Waals surface area contributed by atoms with E-state index >= 15 is 0 Å². The van der Waals surface area contributed by atoms with Crippen LogP contribution in [0.4, 0.5) is 0 Å². The Balaban J connectivity index is 1.50. The number of rotatable bonds is 4. The first-order valence-corrected chi connectivity index (χ1v) is 10.2. The fourth-order valence-corrected chi connectivity index (χ4v) is 4.02. The Morgan fingerprint density at radius 3 is 2.27 bits per heavy atom. The molecule has 6 nitrogen and oxygen atoms in total. The van der Waals surface area contributed by atoms with E-state index in [2.05, 4.69) is 5.10 Å². The SMILES string of the molecule is Cc1cc(=O)c(C(=O)N2CCC(C(O)c3ccccc3)CC2)nn1-c1ccccc1. The highest BCUT2D eigenvalue weighted by Gasteiger charge is 2.30. The van der Waals surface area contributed by atoms with Crippen molar-refractivity contribution in [1.29, 1.82) is 0 Å². The van der Waals surface area contributed by atoms with Gasteiger partial charge >= 0.3 is 0 Å². The Hall–Kier alpha value is -3.25. The molecule has 0 spiro atoms. The van der Waals surface area contributed by atoms with Gasteiger partial charge in [-0.2, -0.15) is 5.10 Å². The number of hydrogen-bond donors (Lipinski definition) is 1. The van der Waals surface area contributed by atoms with Crippen molar-refractivity contribution in [3.05, 3.63) is 93.9 Å². The van der Waals surface area contributed by atoms with Crippen LogP contribution < -0.4 is 5.43 Å². The average molecular weight is 403 g/mol. The van der Waals surface area contributed by atoms with Crippen molar-refractivity contribution in [3.8, 4) is 5.69 Å². The molecule has 1 saturated heterocycles. The topological polar surface area (TPSA) is 75.4 Å². The predicted molar refractivity (Wildman–Crippen MR) is 115 cm³/mol. The molecule has 0 radical (unpaired) electrons. The van der Waals surface area contributed by atoms with Crippen molar-refractivity contribution >= 4 is 5.91 Å². The molecular weight excluding hydrogens is 378 g/mol. The lowest BCUT2D eigenvalue weighted by atomic mass is 9.87. The molecular formula is C24H25N3O3. The zero-order valence-corrected chi connectivity index (χ0v) is 16.9. The number of hydrogen-bond acceptors (Lipinski definition) is 4. The molecule has 1 N–H and O–H groups in total. The van der Waals surface area contributed by atoms with Gasteiger partial charge in [0.2, 0.25) is 5.43 Å². The van der Waals surface area contributed by atoms with Crippen molar-refractivity contribution in [2.75, 3.05) is 13.1 Å². The molecule has 1 aromatic heterocycles. The van der Waals surface area contributed by atoms with Crippen LogP contribution in [0.5, 0.6) is 0 Å². The first kappa shape index (κ1) is 20.0. The van der Waals surface area contributed by atoms with Crippen molar-refractivity contribution in [2.24, 2.45) is 5.92 Å². The summed E-state index contributed by atoms with van der Waals surface area (Å²) < 4.78 is 1.63. The summed E-state index contributed by atoms with van der Waals surface area (Å²) in [5, 5.41) is 15.0. The van der Waals surface area contributed by atoms with Gasteiger partial charge in [0.25, 0.3) is 5.91 Å². The largest absolute Gasteiger partial charge is 0.388 e. The van der Waals surface area contributed by atoms with Gasteiger partial charge in [-0.15, -0.1) is 0 Å². The Bertz CT molecular complexity index is 1070. The normalized spacial score (nSPS) is 15.7. The molecule has 1 aliphatic rings. The molecule has 1 amide bonds. The molecule has 6 heteroatoms. The summed E-state index contributed by atoms with van der Waals surface area (Å²) in [6.07, 6.45) is 0.817. The van der Waals surface area contributed by atoms with E-state index in [0.717, 1.165) is 11.3 Å². The van der Waals surface area contributed by atoms with Gasteiger partial charge in [-0.25, -0.2) is 4.68 Å². The Labute approximate surface area is 175 Å². The lowest BCUT2D eigenvalue weighted by molar-refractivity contribution is 0.0456. The molecule has 2 heterocycles. The number of para-hydroxylation sites is 1. The van der Waals surface area contributed by atoms with Crippen molar-refractivity contribution in [1.82, 2.24) is 14.7 Å². The van der Waals surface area contributed by atoms with Gasteiger partial charge in [0.15, 0.2) is 5.69 Å². The summed E-state index contributed by atoms with van der Waals surface area (Å²) in [6.45, 7) is 2.79. The number of aliphatic hydroxyl groups excluding tert-OH is 1. The van der Waals surface area contributed by atoms with Gasteiger partial charge < -0.3 is 10.0 Å². The highest BCUT2D eigenvalue weighted by molar-refractivity contribution is 5.92. The molecule has 4 rings (SSSR count). The smallest absolute Gasteiger partial charge is 0.278 e. The minimum atomic E-state index is -0.545. The quantitative estimate of drug-likeness (QED) is 0.726. The Morgan fingerprint density at radius 2 is 1.63 bits per heavy atom. The molecule has 1 fully saturated rings. The number of aliphatic hydroxyl groups is 1. The highest BCUT2D eigenvalue weighted by Crippen LogP contribution is 2.30. The number of benzene rings is 2. The summed E-state index contributed by atoms with van der Waals surface area (Å²) in [7, 11) is 0. The van der Waals surface area contributed by atoms with E-state index in [-0.39, 0.29) is 22.9 Å². The molecule has 1 unspecified atom stereocenters.